The van der Waals surface area contributed by atoms with Gasteiger partial charge in [0.05, 0.1) is 38.4 Å². The van der Waals surface area contributed by atoms with E-state index in [-0.39, 0.29) is 35.6 Å². The molecule has 0 atom stereocenters. The second kappa shape index (κ2) is 10.4. The number of hydrogen-bond donors (Lipinski definition) is 4. The van der Waals surface area contributed by atoms with E-state index in [2.05, 4.69) is 25.6 Å². The van der Waals surface area contributed by atoms with Gasteiger partial charge in [-0.15, -0.1) is 0 Å². The summed E-state index contributed by atoms with van der Waals surface area (Å²) in [5.74, 6) is 0.307. The standard InChI is InChI=1S/C27H25ClN8O2S/c1-13(2)36-17(9-15-5-4-6-18(28)21(15)26(36)38)11-31-25-22(24(30)32-12-33-25)23(29)16-7-8-19-20(10-16)39-27(35-19)34-14(3)37/h4-10,12-13,29H,11H2,1-3H3,(H,34,35,37)(H3,30,31,32,33). The van der Waals surface area contributed by atoms with Crippen molar-refractivity contribution in [3.63, 3.8) is 0 Å². The third-order valence-corrected chi connectivity index (χ3v) is 7.40. The molecule has 0 radical (unpaired) electrons. The summed E-state index contributed by atoms with van der Waals surface area (Å²) in [5, 5.41) is 17.0. The van der Waals surface area contributed by atoms with Gasteiger partial charge in [0.1, 0.15) is 18.0 Å². The van der Waals surface area contributed by atoms with Crippen LogP contribution in [0.2, 0.25) is 5.02 Å². The van der Waals surface area contributed by atoms with Gasteiger partial charge in [0, 0.05) is 24.2 Å². The second-order valence-corrected chi connectivity index (χ2v) is 10.6. The SMILES string of the molecule is CC(=O)Nc1nc2ccc(C(=N)c3c(N)ncnc3NCc3cc4cccc(Cl)c4c(=O)n3C(C)C)cc2s1. The highest BCUT2D eigenvalue weighted by atomic mass is 35.5. The highest BCUT2D eigenvalue weighted by molar-refractivity contribution is 7.22. The highest BCUT2D eigenvalue weighted by Crippen LogP contribution is 2.30. The molecule has 0 saturated heterocycles. The highest BCUT2D eigenvalue weighted by Gasteiger charge is 2.19. The maximum Gasteiger partial charge on any atom is 0.260 e. The third kappa shape index (κ3) is 5.06. The minimum Gasteiger partial charge on any atom is -0.383 e. The van der Waals surface area contributed by atoms with Crippen LogP contribution in [0.25, 0.3) is 21.0 Å². The number of nitrogens with one attached hydrogen (secondary N) is 3. The van der Waals surface area contributed by atoms with Crippen molar-refractivity contribution in [1.82, 2.24) is 19.5 Å². The summed E-state index contributed by atoms with van der Waals surface area (Å²) in [5.41, 5.74) is 8.55. The number of rotatable bonds is 7. The lowest BCUT2D eigenvalue weighted by atomic mass is 10.0. The number of anilines is 3. The van der Waals surface area contributed by atoms with Crippen molar-refractivity contribution in [2.75, 3.05) is 16.4 Å². The van der Waals surface area contributed by atoms with Gasteiger partial charge in [-0.2, -0.15) is 0 Å². The van der Waals surface area contributed by atoms with Gasteiger partial charge in [-0.3, -0.25) is 15.0 Å². The molecule has 12 heteroatoms. The molecule has 10 nitrogen and oxygen atoms in total. The van der Waals surface area contributed by atoms with Gasteiger partial charge in [-0.05, 0) is 43.5 Å². The van der Waals surface area contributed by atoms with E-state index in [4.69, 9.17) is 22.7 Å². The molecule has 0 bridgehead atoms. The number of carbonyl (C=O) groups is 1. The van der Waals surface area contributed by atoms with Crippen LogP contribution in [0.1, 0.15) is 43.6 Å². The Morgan fingerprint density at radius 2 is 2.00 bits per heavy atom. The van der Waals surface area contributed by atoms with Crippen molar-refractivity contribution >= 4 is 72.3 Å². The first-order valence-corrected chi connectivity index (χ1v) is 13.3. The van der Waals surface area contributed by atoms with E-state index in [1.165, 1.54) is 24.6 Å². The average molecular weight is 561 g/mol. The van der Waals surface area contributed by atoms with Gasteiger partial charge in [0.25, 0.3) is 5.56 Å². The minimum atomic E-state index is -0.204. The Balaban J connectivity index is 1.50. The van der Waals surface area contributed by atoms with Gasteiger partial charge in [0.2, 0.25) is 5.91 Å². The Bertz CT molecular complexity index is 1830. The van der Waals surface area contributed by atoms with Gasteiger partial charge in [0.15, 0.2) is 5.13 Å². The average Bonchev–Trinajstić information content (AvgIpc) is 3.27. The fraction of sp³-hybridized carbons (Fsp3) is 0.185. The van der Waals surface area contributed by atoms with E-state index < -0.39 is 0 Å². The van der Waals surface area contributed by atoms with Gasteiger partial charge in [-0.25, -0.2) is 15.0 Å². The van der Waals surface area contributed by atoms with Crippen molar-refractivity contribution in [2.24, 2.45) is 0 Å². The van der Waals surface area contributed by atoms with Crippen LogP contribution in [-0.2, 0) is 11.3 Å². The number of benzene rings is 2. The molecule has 5 aromatic rings. The maximum atomic E-state index is 13.3. The number of carbonyl (C=O) groups excluding carboxylic acids is 1. The fourth-order valence-electron chi connectivity index (χ4n) is 4.47. The number of amides is 1. The van der Waals surface area contributed by atoms with Crippen LogP contribution >= 0.6 is 22.9 Å². The topological polar surface area (TPSA) is 152 Å². The number of hydrogen-bond acceptors (Lipinski definition) is 9. The molecule has 0 fully saturated rings. The summed E-state index contributed by atoms with van der Waals surface area (Å²) in [6.07, 6.45) is 1.33. The molecule has 0 unspecified atom stereocenters. The summed E-state index contributed by atoms with van der Waals surface area (Å²) < 4.78 is 2.50. The molecule has 0 aliphatic carbocycles. The first-order valence-electron chi connectivity index (χ1n) is 12.1. The normalized spacial score (nSPS) is 11.3. The van der Waals surface area contributed by atoms with E-state index >= 15 is 0 Å². The number of thiazole rings is 1. The summed E-state index contributed by atoms with van der Waals surface area (Å²) in [4.78, 5) is 37.6. The number of aromatic nitrogens is 4. The Morgan fingerprint density at radius 1 is 1.21 bits per heavy atom. The number of fused-ring (bicyclic) bond motifs is 2. The lowest BCUT2D eigenvalue weighted by Crippen LogP contribution is -2.27. The van der Waals surface area contributed by atoms with Gasteiger partial charge < -0.3 is 20.9 Å². The van der Waals surface area contributed by atoms with Crippen LogP contribution in [0, 0.1) is 5.41 Å². The molecular formula is C27H25ClN8O2S. The van der Waals surface area contributed by atoms with Crippen molar-refractivity contribution in [3.05, 3.63) is 81.0 Å². The molecule has 5 rings (SSSR count). The number of pyridine rings is 1. The molecule has 39 heavy (non-hydrogen) atoms. The van der Waals surface area contributed by atoms with E-state index in [0.717, 1.165) is 15.8 Å². The molecule has 0 aliphatic rings. The number of nitrogens with zero attached hydrogens (tertiary/aromatic N) is 4. The van der Waals surface area contributed by atoms with Crippen molar-refractivity contribution < 1.29 is 4.79 Å². The van der Waals surface area contributed by atoms with Crippen molar-refractivity contribution in [1.29, 1.82) is 5.41 Å². The largest absolute Gasteiger partial charge is 0.383 e. The Morgan fingerprint density at radius 3 is 2.74 bits per heavy atom. The lowest BCUT2D eigenvalue weighted by Gasteiger charge is -2.20. The monoisotopic (exact) mass is 560 g/mol. The van der Waals surface area contributed by atoms with Crippen LogP contribution in [0.15, 0.2) is 53.6 Å². The predicted octanol–water partition coefficient (Wildman–Crippen LogP) is 5.20. The Hall–Kier alpha value is -4.35. The zero-order valence-corrected chi connectivity index (χ0v) is 22.9. The molecule has 3 aromatic heterocycles. The fourth-order valence-corrected chi connectivity index (χ4v) is 5.69. The quantitative estimate of drug-likeness (QED) is 0.199. The molecule has 0 saturated carbocycles. The zero-order chi connectivity index (χ0) is 27.8. The first kappa shape index (κ1) is 26.3. The summed E-state index contributed by atoms with van der Waals surface area (Å²) in [6.45, 7) is 5.54. The first-order chi connectivity index (χ1) is 18.6. The maximum absolute atomic E-state index is 13.3. The number of halogens is 1. The smallest absolute Gasteiger partial charge is 0.260 e. The number of nitrogen functional groups attached to an aromatic ring is 1. The van der Waals surface area contributed by atoms with Gasteiger partial charge in [-0.1, -0.05) is 41.1 Å². The minimum absolute atomic E-state index is 0.114. The second-order valence-electron chi connectivity index (χ2n) is 9.20. The molecule has 198 valence electrons. The van der Waals surface area contributed by atoms with E-state index in [0.29, 0.717) is 38.0 Å². The summed E-state index contributed by atoms with van der Waals surface area (Å²) >= 11 is 7.67. The molecule has 0 spiro atoms. The molecule has 1 amide bonds. The van der Waals surface area contributed by atoms with E-state index in [1.54, 1.807) is 22.8 Å². The van der Waals surface area contributed by atoms with Crippen LogP contribution in [0.5, 0.6) is 0 Å². The number of nitrogens with two attached hydrogens (primary N) is 1. The Kier molecular flexibility index (Phi) is 7.02. The molecule has 2 aromatic carbocycles. The summed E-state index contributed by atoms with van der Waals surface area (Å²) in [7, 11) is 0. The molecule has 0 aliphatic heterocycles. The zero-order valence-electron chi connectivity index (χ0n) is 21.4. The van der Waals surface area contributed by atoms with Crippen molar-refractivity contribution in [3.8, 4) is 0 Å². The van der Waals surface area contributed by atoms with Crippen LogP contribution in [-0.4, -0.2) is 31.1 Å². The predicted molar refractivity (Wildman–Crippen MR) is 157 cm³/mol. The summed E-state index contributed by atoms with van der Waals surface area (Å²) in [6, 6.07) is 12.6. The van der Waals surface area contributed by atoms with E-state index in [1.807, 2.05) is 38.1 Å². The van der Waals surface area contributed by atoms with Crippen LogP contribution < -0.4 is 21.9 Å². The van der Waals surface area contributed by atoms with Crippen LogP contribution in [0.3, 0.4) is 0 Å². The van der Waals surface area contributed by atoms with E-state index in [9.17, 15) is 9.59 Å². The molecule has 5 N–H and O–H groups in total. The molecule has 3 heterocycles. The van der Waals surface area contributed by atoms with Crippen molar-refractivity contribution in [2.45, 2.75) is 33.4 Å². The van der Waals surface area contributed by atoms with Gasteiger partial charge >= 0.3 is 0 Å². The third-order valence-electron chi connectivity index (χ3n) is 6.15. The van der Waals surface area contributed by atoms with Crippen LogP contribution in [0.4, 0.5) is 16.8 Å². The molecular weight excluding hydrogens is 536 g/mol. The Labute approximate surface area is 232 Å². The lowest BCUT2D eigenvalue weighted by molar-refractivity contribution is -0.114.